The predicted octanol–water partition coefficient (Wildman–Crippen LogP) is 7.90. The minimum atomic E-state index is -0.893. The second-order valence-electron chi connectivity index (χ2n) is 20.7. The number of likely N-dealkylation sites (tertiary alicyclic amines) is 1. The molecule has 0 aliphatic carbocycles. The number of thiazole rings is 1. The monoisotopic (exact) mass is 1130 g/mol. The number of carbonyl (C=O) groups excluding carboxylic acids is 3. The van der Waals surface area contributed by atoms with E-state index in [4.69, 9.17) is 30.6 Å². The Balaban J connectivity index is 0.810. The zero-order valence-electron chi connectivity index (χ0n) is 45.7. The Kier molecular flexibility index (Phi) is 18.5. The van der Waals surface area contributed by atoms with E-state index in [0.29, 0.717) is 89.5 Å². The topological polar surface area (TPSA) is 232 Å². The van der Waals surface area contributed by atoms with Crippen LogP contribution in [0.1, 0.15) is 68.7 Å². The number of amides is 3. The van der Waals surface area contributed by atoms with Crippen molar-refractivity contribution in [2.75, 3.05) is 82.9 Å². The summed E-state index contributed by atoms with van der Waals surface area (Å²) in [5.41, 5.74) is 5.42. The number of piperazine rings is 1. The molecule has 80 heavy (non-hydrogen) atoms. The largest absolute Gasteiger partial charge is 0.508 e. The number of benzene rings is 4. The van der Waals surface area contributed by atoms with Crippen molar-refractivity contribution in [1.29, 1.82) is 0 Å². The number of carbonyl (C=O) groups is 3. The van der Waals surface area contributed by atoms with E-state index in [2.05, 4.69) is 25.8 Å². The fourth-order valence-electron chi connectivity index (χ4n) is 10.4. The highest BCUT2D eigenvalue weighted by Gasteiger charge is 2.43. The molecule has 4 atom stereocenters. The molecule has 2 aliphatic heterocycles. The van der Waals surface area contributed by atoms with Crippen molar-refractivity contribution in [2.45, 2.75) is 84.7 Å². The molecule has 3 aromatic heterocycles. The van der Waals surface area contributed by atoms with Crippen molar-refractivity contribution in [3.05, 3.63) is 106 Å². The molecule has 5 N–H and O–H groups in total. The Hall–Kier alpha value is -7.01. The number of aromatic nitrogens is 4. The van der Waals surface area contributed by atoms with Crippen molar-refractivity contribution >= 4 is 74.1 Å². The van der Waals surface area contributed by atoms with Crippen LogP contribution in [0.4, 0.5) is 16.2 Å². The van der Waals surface area contributed by atoms with Gasteiger partial charge in [0.1, 0.15) is 53.4 Å². The average Bonchev–Trinajstić information content (AvgIpc) is 4.32. The number of nitrogens with one attached hydrogen (secondary N) is 2. The Morgan fingerprint density at radius 3 is 2.51 bits per heavy atom. The maximum Gasteiger partial charge on any atom is 0.243 e. The van der Waals surface area contributed by atoms with Crippen LogP contribution in [0.15, 0.2) is 76.8 Å². The number of rotatable bonds is 22. The van der Waals surface area contributed by atoms with Gasteiger partial charge in [0.05, 0.1) is 46.1 Å². The summed E-state index contributed by atoms with van der Waals surface area (Å²) in [6, 6.07) is 18.7. The van der Waals surface area contributed by atoms with Gasteiger partial charge in [-0.1, -0.05) is 73.9 Å². The number of phenolic OH excluding ortho intramolecular Hbond substituents is 1. The van der Waals surface area contributed by atoms with Crippen molar-refractivity contribution in [3.8, 4) is 33.1 Å². The van der Waals surface area contributed by atoms with Gasteiger partial charge in [0.15, 0.2) is 5.82 Å². The zero-order valence-corrected chi connectivity index (χ0v) is 47.3. The highest BCUT2D eigenvalue weighted by atomic mass is 35.5. The van der Waals surface area contributed by atoms with E-state index in [9.17, 15) is 29.7 Å². The highest BCUT2D eigenvalue weighted by Crippen LogP contribution is 2.43. The maximum absolute atomic E-state index is 17.1. The number of hydrogen-bond acceptors (Lipinski definition) is 17. The van der Waals surface area contributed by atoms with E-state index in [1.54, 1.807) is 47.5 Å². The van der Waals surface area contributed by atoms with Crippen molar-refractivity contribution in [2.24, 2.45) is 5.92 Å². The van der Waals surface area contributed by atoms with Gasteiger partial charge >= 0.3 is 0 Å². The smallest absolute Gasteiger partial charge is 0.243 e. The van der Waals surface area contributed by atoms with Crippen LogP contribution < -0.4 is 20.3 Å². The lowest BCUT2D eigenvalue weighted by Gasteiger charge is -2.36. The minimum Gasteiger partial charge on any atom is -0.508 e. The molecule has 3 amide bonds. The number of hydrogen-bond donors (Lipinski definition) is 5. The zero-order chi connectivity index (χ0) is 56.8. The molecule has 19 nitrogen and oxygen atoms in total. The first-order chi connectivity index (χ1) is 38.5. The number of aliphatic hydroxyl groups excluding tert-OH is 2. The molecule has 4 aromatic carbocycles. The molecular weight excluding hydrogens is 1070 g/mol. The van der Waals surface area contributed by atoms with Crippen LogP contribution in [0.3, 0.4) is 0 Å². The van der Waals surface area contributed by atoms with Gasteiger partial charge < -0.3 is 54.6 Å². The lowest BCUT2D eigenvalue weighted by molar-refractivity contribution is -0.141. The number of ether oxygens (including phenoxy) is 2. The van der Waals surface area contributed by atoms with Crippen molar-refractivity contribution in [1.82, 2.24) is 40.1 Å². The Bertz CT molecular complexity index is 3350. The van der Waals surface area contributed by atoms with E-state index < -0.39 is 36.0 Å². The molecule has 2 saturated heterocycles. The lowest BCUT2D eigenvalue weighted by Crippen LogP contribution is -2.49. The summed E-state index contributed by atoms with van der Waals surface area (Å²) in [5.74, 6) is -0.644. The van der Waals surface area contributed by atoms with Gasteiger partial charge in [0.2, 0.25) is 23.7 Å². The molecule has 2 fully saturated rings. The molecule has 22 heteroatoms. The van der Waals surface area contributed by atoms with E-state index in [1.165, 1.54) is 22.3 Å². The fourth-order valence-corrected chi connectivity index (χ4v) is 11.5. The quantitative estimate of drug-likeness (QED) is 0.0321. The van der Waals surface area contributed by atoms with Gasteiger partial charge in [-0.15, -0.1) is 11.3 Å². The van der Waals surface area contributed by atoms with Gasteiger partial charge in [0, 0.05) is 94.2 Å². The van der Waals surface area contributed by atoms with Gasteiger partial charge in [-0.3, -0.25) is 19.3 Å². The van der Waals surface area contributed by atoms with Crippen LogP contribution in [0, 0.1) is 25.6 Å². The van der Waals surface area contributed by atoms with Crippen LogP contribution in [0.2, 0.25) is 5.02 Å². The van der Waals surface area contributed by atoms with Gasteiger partial charge in [-0.2, -0.15) is 4.98 Å². The molecule has 2 aliphatic rings. The van der Waals surface area contributed by atoms with Crippen molar-refractivity contribution in [3.63, 3.8) is 0 Å². The summed E-state index contributed by atoms with van der Waals surface area (Å²) in [6.07, 6.45) is -1.02. The Morgan fingerprint density at radius 2 is 1.79 bits per heavy atom. The second kappa shape index (κ2) is 25.6. The molecule has 0 radical (unpaired) electrons. The van der Waals surface area contributed by atoms with E-state index >= 15 is 4.39 Å². The van der Waals surface area contributed by atoms with Crippen LogP contribution in [-0.4, -0.2) is 159 Å². The second-order valence-corrected chi connectivity index (χ2v) is 21.9. The molecule has 7 aromatic rings. The van der Waals surface area contributed by atoms with E-state index in [0.717, 1.165) is 16.1 Å². The maximum atomic E-state index is 17.1. The third-order valence-electron chi connectivity index (χ3n) is 14.8. The molecular formula is C58H68ClFN10O9S. The van der Waals surface area contributed by atoms with Crippen LogP contribution in [0.25, 0.3) is 43.2 Å². The average molecular weight is 1140 g/mol. The van der Waals surface area contributed by atoms with E-state index in [1.807, 2.05) is 75.1 Å². The number of aliphatic hydroxyl groups is 2. The SMILES string of the molecule is CCC(=O)N1CCN(c2nc(NCCC(O)N(C)CCOCCOc3cc(-c4scnc4C)ccc3CNC(=O)[C@@H]3C[C@@H](O)CN3C(=O)[C@H](c3cc(C)no3)C(C)C)nc3c(F)c(-c4cc(O)cc5ccccc45)c(Cl)cc23)CC1. The number of β-amino-alcohol motifs (C(OH)–C–C–N with tert-alkyl or cyclic N) is 1. The number of aryl methyl sites for hydroxylation is 2. The van der Waals surface area contributed by atoms with Gasteiger partial charge in [-0.05, 0) is 73.0 Å². The van der Waals surface area contributed by atoms with Crippen LogP contribution >= 0.6 is 22.9 Å². The summed E-state index contributed by atoms with van der Waals surface area (Å²) < 4.78 is 34.9. The first-order valence-corrected chi connectivity index (χ1v) is 28.2. The summed E-state index contributed by atoms with van der Waals surface area (Å²) >= 11 is 8.44. The lowest BCUT2D eigenvalue weighted by atomic mass is 9.91. The van der Waals surface area contributed by atoms with Crippen LogP contribution in [-0.2, 0) is 25.7 Å². The summed E-state index contributed by atoms with van der Waals surface area (Å²) in [6.45, 7) is 12.6. The number of nitrogens with zero attached hydrogens (tertiary/aromatic N) is 8. The number of fused-ring (bicyclic) bond motifs is 2. The molecule has 0 spiro atoms. The summed E-state index contributed by atoms with van der Waals surface area (Å²) in [4.78, 5) is 62.3. The molecule has 0 bridgehead atoms. The standard InChI is InChI=1S/C58H68ClFN10O9S/c1-7-48(73)68-16-18-69(19-17-68)55-43-29-44(59)51(42-27-39(71)25-36-10-8-9-11-41(36)42)52(60)53(43)64-58(65-55)61-15-14-49(74)67(6)20-21-77-22-23-78-46-26-37(54-35(5)63-32-80-54)12-13-38(46)30-62-56(75)45-28-40(72)31-70(45)57(76)50(33(2)3)47-24-34(4)66-79-47/h8-13,24-27,29,32-33,40,45,49-50,71-72,74H,7,14-23,28,30-31H2,1-6H3,(H,62,75)(H,61,64,65)/t40-,45+,49?,50+/m1/s1. The predicted molar refractivity (Wildman–Crippen MR) is 305 cm³/mol. The van der Waals surface area contributed by atoms with Crippen LogP contribution in [0.5, 0.6) is 11.5 Å². The first-order valence-electron chi connectivity index (χ1n) is 27.0. The third kappa shape index (κ3) is 12.9. The summed E-state index contributed by atoms with van der Waals surface area (Å²) in [5, 5.41) is 44.7. The highest BCUT2D eigenvalue weighted by molar-refractivity contribution is 7.13. The molecule has 9 rings (SSSR count). The van der Waals surface area contributed by atoms with Gasteiger partial charge in [0.25, 0.3) is 0 Å². The Morgan fingerprint density at radius 1 is 1.00 bits per heavy atom. The van der Waals surface area contributed by atoms with Gasteiger partial charge in [-0.25, -0.2) is 14.4 Å². The van der Waals surface area contributed by atoms with Crippen molar-refractivity contribution < 1.29 is 48.1 Å². The normalized spacial score (nSPS) is 16.5. The first kappa shape index (κ1) is 57.7. The number of phenols is 1. The van der Waals surface area contributed by atoms with E-state index in [-0.39, 0.29) is 97.8 Å². The number of aromatic hydroxyl groups is 1. The molecule has 1 unspecified atom stereocenters. The Labute approximate surface area is 472 Å². The fraction of sp³-hybridized carbons (Fsp3) is 0.431. The third-order valence-corrected chi connectivity index (χ3v) is 16.0. The number of anilines is 2. The number of likely N-dealkylation sites (N-methyl/N-ethyl adjacent to an activating group) is 1. The molecule has 424 valence electrons. The number of halogens is 2. The minimum absolute atomic E-state index is 0.0207. The molecule has 5 heterocycles. The summed E-state index contributed by atoms with van der Waals surface area (Å²) in [7, 11) is 1.78. The molecule has 0 saturated carbocycles.